The molecule has 1 saturated carbocycles. The smallest absolute Gasteiger partial charge is 0.343 e. The number of carbonyl (C=O) groups excluding carboxylic acids is 1. The Morgan fingerprint density at radius 2 is 1.73 bits per heavy atom. The minimum absolute atomic E-state index is 0.318. The van der Waals surface area contributed by atoms with E-state index in [4.69, 9.17) is 4.74 Å². The Balaban J connectivity index is 1.44. The van der Waals surface area contributed by atoms with E-state index in [0.717, 1.165) is 0 Å². The molecule has 1 heterocycles. The van der Waals surface area contributed by atoms with Gasteiger partial charge in [-0.2, -0.15) is 0 Å². The van der Waals surface area contributed by atoms with Gasteiger partial charge in [-0.05, 0) is 68.6 Å². The van der Waals surface area contributed by atoms with Crippen molar-refractivity contribution in [2.24, 2.45) is 0 Å². The molecule has 1 atom stereocenters. The van der Waals surface area contributed by atoms with Gasteiger partial charge < -0.3 is 4.74 Å². The van der Waals surface area contributed by atoms with Gasteiger partial charge in [0.05, 0.1) is 5.56 Å². The lowest BCUT2D eigenvalue weighted by Crippen LogP contribution is -2.46. The maximum absolute atomic E-state index is 12.1. The number of benzene rings is 2. The van der Waals surface area contributed by atoms with Crippen molar-refractivity contribution in [1.82, 2.24) is 4.90 Å². The first-order chi connectivity index (χ1) is 12.8. The average molecular weight is 347 g/mol. The van der Waals surface area contributed by atoms with Gasteiger partial charge >= 0.3 is 5.97 Å². The van der Waals surface area contributed by atoms with Gasteiger partial charge in [0.25, 0.3) is 0 Å². The van der Waals surface area contributed by atoms with E-state index in [0.29, 0.717) is 17.4 Å². The third-order valence-corrected chi connectivity index (χ3v) is 5.40. The summed E-state index contributed by atoms with van der Waals surface area (Å²) >= 11 is 0. The van der Waals surface area contributed by atoms with Crippen LogP contribution in [0.1, 0.15) is 48.0 Å². The van der Waals surface area contributed by atoms with Crippen LogP contribution in [-0.4, -0.2) is 30.0 Å². The highest BCUT2D eigenvalue weighted by Crippen LogP contribution is 2.32. The van der Waals surface area contributed by atoms with Crippen LogP contribution >= 0.6 is 0 Å². The standard InChI is InChI=1S/C23H25NO2/c25-23(19-7-2-1-3-8-19)26-21-13-11-18(12-14-21)17-20-9-4-5-10-22(20)24-15-6-16-24/h1-3,7-8,11-14,17,22H,4-6,9-10,15-16H2/b20-17-. The third kappa shape index (κ3) is 3.88. The molecule has 0 N–H and O–H groups in total. The summed E-state index contributed by atoms with van der Waals surface area (Å²) in [6, 6.07) is 17.6. The topological polar surface area (TPSA) is 29.5 Å². The molecule has 2 aliphatic rings. The molecule has 1 saturated heterocycles. The third-order valence-electron chi connectivity index (χ3n) is 5.40. The highest BCUT2D eigenvalue weighted by Gasteiger charge is 2.28. The van der Waals surface area contributed by atoms with Crippen molar-refractivity contribution in [2.75, 3.05) is 13.1 Å². The Hall–Kier alpha value is -2.39. The SMILES string of the molecule is O=C(Oc1ccc(/C=C2/CCCCC2N2CCC2)cc1)c1ccccc1. The molecule has 2 aromatic carbocycles. The lowest BCUT2D eigenvalue weighted by molar-refractivity contribution is 0.0735. The highest BCUT2D eigenvalue weighted by molar-refractivity contribution is 5.90. The zero-order chi connectivity index (χ0) is 17.8. The molecule has 2 aromatic rings. The Bertz CT molecular complexity index is 776. The van der Waals surface area contributed by atoms with Gasteiger partial charge in [-0.15, -0.1) is 0 Å². The van der Waals surface area contributed by atoms with Crippen LogP contribution < -0.4 is 4.74 Å². The molecule has 1 unspecified atom stereocenters. The predicted molar refractivity (Wildman–Crippen MR) is 104 cm³/mol. The quantitative estimate of drug-likeness (QED) is 0.580. The Morgan fingerprint density at radius 1 is 0.962 bits per heavy atom. The molecule has 3 nitrogen and oxygen atoms in total. The summed E-state index contributed by atoms with van der Waals surface area (Å²) in [7, 11) is 0. The van der Waals surface area contributed by atoms with Crippen LogP contribution in [0.5, 0.6) is 5.75 Å². The molecule has 26 heavy (non-hydrogen) atoms. The van der Waals surface area contributed by atoms with Gasteiger partial charge in [0.2, 0.25) is 0 Å². The van der Waals surface area contributed by atoms with Gasteiger partial charge in [0.15, 0.2) is 0 Å². The first-order valence-electron chi connectivity index (χ1n) is 9.61. The monoisotopic (exact) mass is 347 g/mol. The number of likely N-dealkylation sites (tertiary alicyclic amines) is 1. The molecule has 1 aliphatic carbocycles. The van der Waals surface area contributed by atoms with E-state index in [1.54, 1.807) is 17.7 Å². The molecule has 0 aromatic heterocycles. The molecular weight excluding hydrogens is 322 g/mol. The van der Waals surface area contributed by atoms with Crippen molar-refractivity contribution in [2.45, 2.75) is 38.1 Å². The lowest BCUT2D eigenvalue weighted by atomic mass is 9.86. The number of nitrogens with zero attached hydrogens (tertiary/aromatic N) is 1. The summed E-state index contributed by atoms with van der Waals surface area (Å²) in [6.07, 6.45) is 8.80. The molecule has 0 spiro atoms. The zero-order valence-electron chi connectivity index (χ0n) is 15.1. The second-order valence-electron chi connectivity index (χ2n) is 7.19. The van der Waals surface area contributed by atoms with Crippen molar-refractivity contribution in [3.63, 3.8) is 0 Å². The summed E-state index contributed by atoms with van der Waals surface area (Å²) in [5, 5.41) is 0. The number of hydrogen-bond acceptors (Lipinski definition) is 3. The molecule has 4 rings (SSSR count). The van der Waals surface area contributed by atoms with E-state index < -0.39 is 0 Å². The minimum atomic E-state index is -0.318. The molecule has 134 valence electrons. The van der Waals surface area contributed by atoms with E-state index in [2.05, 4.69) is 11.0 Å². The highest BCUT2D eigenvalue weighted by atomic mass is 16.5. The Labute approximate surface area is 155 Å². The summed E-state index contributed by atoms with van der Waals surface area (Å²) in [5.74, 6) is 0.269. The fraction of sp³-hybridized carbons (Fsp3) is 0.348. The van der Waals surface area contributed by atoms with Crippen molar-refractivity contribution in [3.05, 3.63) is 71.3 Å². The number of esters is 1. The van der Waals surface area contributed by atoms with Crippen LogP contribution in [0.4, 0.5) is 0 Å². The summed E-state index contributed by atoms with van der Waals surface area (Å²) in [6.45, 7) is 2.49. The number of hydrogen-bond donors (Lipinski definition) is 0. The Kier molecular flexibility index (Phi) is 5.16. The van der Waals surface area contributed by atoms with Gasteiger partial charge in [0, 0.05) is 6.04 Å². The van der Waals surface area contributed by atoms with Crippen LogP contribution in [0.25, 0.3) is 6.08 Å². The molecule has 2 fully saturated rings. The van der Waals surface area contributed by atoms with Crippen molar-refractivity contribution >= 4 is 12.0 Å². The largest absolute Gasteiger partial charge is 0.423 e. The van der Waals surface area contributed by atoms with Crippen molar-refractivity contribution in [1.29, 1.82) is 0 Å². The molecule has 3 heteroatoms. The first kappa shape index (κ1) is 17.0. The van der Waals surface area contributed by atoms with Crippen LogP contribution in [0.15, 0.2) is 60.2 Å². The minimum Gasteiger partial charge on any atom is -0.423 e. The lowest BCUT2D eigenvalue weighted by Gasteiger charge is -2.42. The fourth-order valence-electron chi connectivity index (χ4n) is 3.84. The van der Waals surface area contributed by atoms with Crippen LogP contribution in [0, 0.1) is 0 Å². The molecule has 0 bridgehead atoms. The number of rotatable bonds is 4. The van der Waals surface area contributed by atoms with Gasteiger partial charge in [-0.25, -0.2) is 4.79 Å². The maximum Gasteiger partial charge on any atom is 0.343 e. The molecule has 0 radical (unpaired) electrons. The second kappa shape index (κ2) is 7.88. The fourth-order valence-corrected chi connectivity index (χ4v) is 3.84. The van der Waals surface area contributed by atoms with Crippen molar-refractivity contribution < 1.29 is 9.53 Å². The molecule has 0 amide bonds. The Morgan fingerprint density at radius 3 is 2.42 bits per heavy atom. The first-order valence-corrected chi connectivity index (χ1v) is 9.61. The zero-order valence-corrected chi connectivity index (χ0v) is 15.1. The van der Waals surface area contributed by atoms with Gasteiger partial charge in [0.1, 0.15) is 5.75 Å². The predicted octanol–water partition coefficient (Wildman–Crippen LogP) is 4.94. The average Bonchev–Trinajstić information content (AvgIpc) is 2.64. The van der Waals surface area contributed by atoms with E-state index in [1.165, 1.54) is 50.8 Å². The summed E-state index contributed by atoms with van der Waals surface area (Å²) in [5.41, 5.74) is 3.32. The van der Waals surface area contributed by atoms with E-state index in [1.807, 2.05) is 42.5 Å². The van der Waals surface area contributed by atoms with E-state index in [-0.39, 0.29) is 5.97 Å². The van der Waals surface area contributed by atoms with E-state index in [9.17, 15) is 4.79 Å². The number of ether oxygens (including phenoxy) is 1. The molecule has 1 aliphatic heterocycles. The van der Waals surface area contributed by atoms with Crippen LogP contribution in [0.3, 0.4) is 0 Å². The maximum atomic E-state index is 12.1. The summed E-state index contributed by atoms with van der Waals surface area (Å²) < 4.78 is 5.46. The molecular formula is C23H25NO2. The van der Waals surface area contributed by atoms with Gasteiger partial charge in [-0.3, -0.25) is 4.90 Å². The van der Waals surface area contributed by atoms with Crippen LogP contribution in [-0.2, 0) is 0 Å². The summed E-state index contributed by atoms with van der Waals surface area (Å²) in [4.78, 5) is 14.7. The number of carbonyl (C=O) groups is 1. The second-order valence-corrected chi connectivity index (χ2v) is 7.19. The van der Waals surface area contributed by atoms with Crippen LogP contribution in [0.2, 0.25) is 0 Å². The van der Waals surface area contributed by atoms with Gasteiger partial charge in [-0.1, -0.05) is 48.4 Å². The normalized spacial score (nSPS) is 22.0. The van der Waals surface area contributed by atoms with Crippen molar-refractivity contribution in [3.8, 4) is 5.75 Å². The van der Waals surface area contributed by atoms with E-state index >= 15 is 0 Å².